The Balaban J connectivity index is 0.00000242. The lowest BCUT2D eigenvalue weighted by Gasteiger charge is -2.24. The second-order valence-corrected chi connectivity index (χ2v) is 6.82. The number of ether oxygens (including phenoxy) is 1. The second kappa shape index (κ2) is 7.92. The molecule has 2 N–H and O–H groups in total. The average Bonchev–Trinajstić information content (AvgIpc) is 2.47. The molecular weight excluding hydrogens is 328 g/mol. The van der Waals surface area contributed by atoms with E-state index in [0.29, 0.717) is 12.1 Å². The molecule has 22 heavy (non-hydrogen) atoms. The summed E-state index contributed by atoms with van der Waals surface area (Å²) < 4.78 is 32.3. The van der Waals surface area contributed by atoms with Crippen molar-refractivity contribution < 1.29 is 17.9 Å². The maximum Gasteiger partial charge on any atom is 0.337 e. The smallest absolute Gasteiger partial charge is 0.337 e. The van der Waals surface area contributed by atoms with Crippen molar-refractivity contribution in [3.05, 3.63) is 29.3 Å². The third kappa shape index (κ3) is 4.42. The molecule has 0 radical (unpaired) electrons. The summed E-state index contributed by atoms with van der Waals surface area (Å²) in [6.45, 7) is 3.23. The van der Waals surface area contributed by atoms with E-state index < -0.39 is 16.0 Å². The van der Waals surface area contributed by atoms with Crippen LogP contribution in [0.25, 0.3) is 0 Å². The molecule has 1 aromatic rings. The lowest BCUT2D eigenvalue weighted by molar-refractivity contribution is 0.0600. The first kappa shape index (κ1) is 18.9. The Labute approximate surface area is 137 Å². The molecule has 8 heteroatoms. The van der Waals surface area contributed by atoms with Crippen LogP contribution in [0.15, 0.2) is 23.1 Å². The Morgan fingerprint density at radius 1 is 1.41 bits per heavy atom. The predicted molar refractivity (Wildman–Crippen MR) is 86.0 cm³/mol. The van der Waals surface area contributed by atoms with Crippen LogP contribution in [0.4, 0.5) is 0 Å². The van der Waals surface area contributed by atoms with Gasteiger partial charge in [0.25, 0.3) is 0 Å². The predicted octanol–water partition coefficient (Wildman–Crippen LogP) is 1.23. The van der Waals surface area contributed by atoms with Gasteiger partial charge in [0.1, 0.15) is 0 Å². The van der Waals surface area contributed by atoms with Gasteiger partial charge in [0.05, 0.1) is 17.6 Å². The second-order valence-electron chi connectivity index (χ2n) is 5.14. The number of aryl methyl sites for hydroxylation is 1. The minimum atomic E-state index is -3.65. The number of hydrogen-bond acceptors (Lipinski definition) is 5. The van der Waals surface area contributed by atoms with E-state index in [1.54, 1.807) is 19.1 Å². The number of piperidine rings is 1. The molecule has 1 aliphatic heterocycles. The van der Waals surface area contributed by atoms with Gasteiger partial charge in [-0.1, -0.05) is 6.07 Å². The minimum Gasteiger partial charge on any atom is -0.465 e. The molecule has 1 saturated heterocycles. The fourth-order valence-corrected chi connectivity index (χ4v) is 3.91. The summed E-state index contributed by atoms with van der Waals surface area (Å²) in [5, 5.41) is 3.16. The average molecular weight is 349 g/mol. The monoisotopic (exact) mass is 348 g/mol. The Morgan fingerprint density at radius 2 is 2.14 bits per heavy atom. The summed E-state index contributed by atoms with van der Waals surface area (Å²) in [6.07, 6.45) is 1.75. The molecular formula is C14H21ClN2O4S. The van der Waals surface area contributed by atoms with Crippen molar-refractivity contribution in [3.63, 3.8) is 0 Å². The highest BCUT2D eigenvalue weighted by atomic mass is 35.5. The Kier molecular flexibility index (Phi) is 6.80. The molecule has 0 saturated carbocycles. The zero-order valence-corrected chi connectivity index (χ0v) is 14.2. The number of sulfonamides is 1. The molecule has 1 unspecified atom stereocenters. The van der Waals surface area contributed by atoms with E-state index in [1.165, 1.54) is 13.2 Å². The lowest BCUT2D eigenvalue weighted by Crippen LogP contribution is -2.45. The molecule has 124 valence electrons. The van der Waals surface area contributed by atoms with Crippen LogP contribution in [0.5, 0.6) is 0 Å². The zero-order valence-electron chi connectivity index (χ0n) is 12.6. The number of rotatable bonds is 4. The van der Waals surface area contributed by atoms with Gasteiger partial charge in [0.15, 0.2) is 0 Å². The van der Waals surface area contributed by atoms with E-state index in [9.17, 15) is 13.2 Å². The van der Waals surface area contributed by atoms with Gasteiger partial charge in [-0.25, -0.2) is 17.9 Å². The van der Waals surface area contributed by atoms with Gasteiger partial charge in [-0.15, -0.1) is 12.4 Å². The molecule has 1 heterocycles. The van der Waals surface area contributed by atoms with Gasteiger partial charge in [0.2, 0.25) is 10.0 Å². The first-order valence-corrected chi connectivity index (χ1v) is 8.34. The molecule has 1 aliphatic rings. The molecule has 1 atom stereocenters. The van der Waals surface area contributed by atoms with Gasteiger partial charge in [0, 0.05) is 12.6 Å². The van der Waals surface area contributed by atoms with Gasteiger partial charge in [-0.3, -0.25) is 0 Å². The number of esters is 1. The van der Waals surface area contributed by atoms with Crippen molar-refractivity contribution in [2.24, 2.45) is 0 Å². The fraction of sp³-hybridized carbons (Fsp3) is 0.500. The first-order valence-electron chi connectivity index (χ1n) is 6.86. The van der Waals surface area contributed by atoms with Crippen LogP contribution in [0.3, 0.4) is 0 Å². The number of halogens is 1. The topological polar surface area (TPSA) is 84.5 Å². The molecule has 0 aliphatic carbocycles. The van der Waals surface area contributed by atoms with E-state index in [1.807, 2.05) is 0 Å². The van der Waals surface area contributed by atoms with Crippen LogP contribution in [0.2, 0.25) is 0 Å². The Bertz CT molecular complexity index is 628. The summed E-state index contributed by atoms with van der Waals surface area (Å²) in [6, 6.07) is 4.41. The summed E-state index contributed by atoms with van der Waals surface area (Å²) in [4.78, 5) is 11.7. The highest BCUT2D eigenvalue weighted by Gasteiger charge is 2.24. The third-order valence-electron chi connectivity index (χ3n) is 3.52. The number of carbonyl (C=O) groups excluding carboxylic acids is 1. The maximum atomic E-state index is 12.5. The van der Waals surface area contributed by atoms with Crippen LogP contribution in [-0.4, -0.2) is 40.6 Å². The van der Waals surface area contributed by atoms with E-state index in [4.69, 9.17) is 0 Å². The van der Waals surface area contributed by atoms with Crippen LogP contribution in [0, 0.1) is 6.92 Å². The maximum absolute atomic E-state index is 12.5. The van der Waals surface area contributed by atoms with E-state index >= 15 is 0 Å². The highest BCUT2D eigenvalue weighted by Crippen LogP contribution is 2.19. The van der Waals surface area contributed by atoms with E-state index in [-0.39, 0.29) is 28.9 Å². The largest absolute Gasteiger partial charge is 0.465 e. The van der Waals surface area contributed by atoms with Crippen LogP contribution in [0.1, 0.15) is 28.8 Å². The van der Waals surface area contributed by atoms with Gasteiger partial charge in [-0.05, 0) is 44.0 Å². The number of carbonyl (C=O) groups is 1. The standard InChI is InChI=1S/C14H20N2O4S.ClH/c1-10-5-6-11(14(17)20-2)8-13(10)21(18,19)16-12-4-3-7-15-9-12;/h5-6,8,12,15-16H,3-4,7,9H2,1-2H3;1H. The zero-order chi connectivity index (χ0) is 15.5. The highest BCUT2D eigenvalue weighted by molar-refractivity contribution is 7.89. The van der Waals surface area contributed by atoms with E-state index in [2.05, 4.69) is 14.8 Å². The van der Waals surface area contributed by atoms with Crippen molar-refractivity contribution >= 4 is 28.4 Å². The summed E-state index contributed by atoms with van der Waals surface area (Å²) >= 11 is 0. The normalized spacial score (nSPS) is 18.4. The number of methoxy groups -OCH3 is 1. The molecule has 6 nitrogen and oxygen atoms in total. The molecule has 1 fully saturated rings. The van der Waals surface area contributed by atoms with Crippen LogP contribution in [-0.2, 0) is 14.8 Å². The van der Waals surface area contributed by atoms with Crippen molar-refractivity contribution in [2.75, 3.05) is 20.2 Å². The molecule has 0 aromatic heterocycles. The van der Waals surface area contributed by atoms with Crippen LogP contribution < -0.4 is 10.0 Å². The Morgan fingerprint density at radius 3 is 2.73 bits per heavy atom. The van der Waals surface area contributed by atoms with Crippen molar-refractivity contribution in [2.45, 2.75) is 30.7 Å². The number of nitrogens with one attached hydrogen (secondary N) is 2. The summed E-state index contributed by atoms with van der Waals surface area (Å²) in [5.74, 6) is -0.550. The Hall–Kier alpha value is -1.15. The quantitative estimate of drug-likeness (QED) is 0.799. The van der Waals surface area contributed by atoms with Crippen LogP contribution >= 0.6 is 12.4 Å². The summed E-state index contributed by atoms with van der Waals surface area (Å²) in [5.41, 5.74) is 0.823. The number of benzene rings is 1. The molecule has 1 aromatic carbocycles. The first-order chi connectivity index (χ1) is 9.94. The molecule has 0 amide bonds. The SMILES string of the molecule is COC(=O)c1ccc(C)c(S(=O)(=O)NC2CCCNC2)c1.Cl. The van der Waals surface area contributed by atoms with Crippen molar-refractivity contribution in [1.29, 1.82) is 0 Å². The molecule has 2 rings (SSSR count). The summed E-state index contributed by atoms with van der Waals surface area (Å²) in [7, 11) is -2.39. The third-order valence-corrected chi connectivity index (χ3v) is 5.18. The number of hydrogen-bond donors (Lipinski definition) is 2. The van der Waals surface area contributed by atoms with Gasteiger partial charge in [-0.2, -0.15) is 0 Å². The van der Waals surface area contributed by atoms with Gasteiger partial charge < -0.3 is 10.1 Å². The van der Waals surface area contributed by atoms with Crippen molar-refractivity contribution in [3.8, 4) is 0 Å². The van der Waals surface area contributed by atoms with Gasteiger partial charge >= 0.3 is 5.97 Å². The van der Waals surface area contributed by atoms with E-state index in [0.717, 1.165) is 19.4 Å². The lowest BCUT2D eigenvalue weighted by atomic mass is 10.1. The van der Waals surface area contributed by atoms with Crippen molar-refractivity contribution in [1.82, 2.24) is 10.0 Å². The molecule has 0 bridgehead atoms. The molecule has 0 spiro atoms. The minimum absolute atomic E-state index is 0. The fourth-order valence-electron chi connectivity index (χ4n) is 2.37.